The summed E-state index contributed by atoms with van der Waals surface area (Å²) in [6, 6.07) is 15.3. The van der Waals surface area contributed by atoms with E-state index in [1.807, 2.05) is 36.4 Å². The summed E-state index contributed by atoms with van der Waals surface area (Å²) in [6.45, 7) is 0.155. The molecule has 0 radical (unpaired) electrons. The molecule has 2 aliphatic carbocycles. The first-order chi connectivity index (χ1) is 15.9. The number of ether oxygens (including phenoxy) is 1. The lowest BCUT2D eigenvalue weighted by Crippen LogP contribution is -2.48. The molecule has 4 rings (SSSR count). The Morgan fingerprint density at radius 3 is 2.18 bits per heavy atom. The highest BCUT2D eigenvalue weighted by atomic mass is 16.5. The van der Waals surface area contributed by atoms with Crippen molar-refractivity contribution in [3.8, 4) is 11.1 Å². The van der Waals surface area contributed by atoms with E-state index < -0.39 is 30.1 Å². The number of carbonyl (C=O) groups is 3. The van der Waals surface area contributed by atoms with E-state index in [1.54, 1.807) is 0 Å². The van der Waals surface area contributed by atoms with Crippen molar-refractivity contribution in [2.24, 2.45) is 5.92 Å². The summed E-state index contributed by atoms with van der Waals surface area (Å²) in [7, 11) is 0. The van der Waals surface area contributed by atoms with Gasteiger partial charge in [0.15, 0.2) is 6.10 Å². The molecule has 1 fully saturated rings. The van der Waals surface area contributed by atoms with Gasteiger partial charge in [0.2, 0.25) is 5.91 Å². The van der Waals surface area contributed by atoms with Gasteiger partial charge in [0.1, 0.15) is 12.6 Å². The lowest BCUT2D eigenvalue weighted by molar-refractivity contribution is -0.147. The minimum Gasteiger partial charge on any atom is -0.479 e. The third-order valence-corrected chi connectivity index (χ3v) is 6.22. The number of carbonyl (C=O) groups excluding carboxylic acids is 2. The summed E-state index contributed by atoms with van der Waals surface area (Å²) < 4.78 is 5.55. The second-order valence-electron chi connectivity index (χ2n) is 8.64. The zero-order chi connectivity index (χ0) is 23.4. The third kappa shape index (κ3) is 5.51. The Labute approximate surface area is 192 Å². The molecule has 0 saturated heterocycles. The van der Waals surface area contributed by atoms with E-state index in [-0.39, 0.29) is 25.5 Å². The lowest BCUT2D eigenvalue weighted by atomic mass is 9.98. The van der Waals surface area contributed by atoms with Crippen LogP contribution in [0, 0.1) is 5.92 Å². The lowest BCUT2D eigenvalue weighted by Gasteiger charge is -2.20. The van der Waals surface area contributed by atoms with Gasteiger partial charge in [-0.25, -0.2) is 9.59 Å². The minimum atomic E-state index is -1.54. The van der Waals surface area contributed by atoms with Gasteiger partial charge in [0, 0.05) is 18.9 Å². The molecule has 2 aromatic carbocycles. The molecule has 33 heavy (non-hydrogen) atoms. The third-order valence-electron chi connectivity index (χ3n) is 6.22. The van der Waals surface area contributed by atoms with Crippen LogP contribution in [-0.4, -0.2) is 53.5 Å². The second-order valence-corrected chi connectivity index (χ2v) is 8.64. The first-order valence-electron chi connectivity index (χ1n) is 11.2. The molecule has 0 aliphatic heterocycles. The SMILES string of the molecule is O=C(N[C@@H](CC1CC1)C(=O)NCC[C@H](O)C(=O)O)OCC1c2ccccc2-c2ccccc21. The Morgan fingerprint density at radius 1 is 1.00 bits per heavy atom. The molecule has 2 atom stereocenters. The topological polar surface area (TPSA) is 125 Å². The molecular formula is C25H28N2O6. The van der Waals surface area contributed by atoms with Crippen molar-refractivity contribution in [3.63, 3.8) is 0 Å². The number of hydrogen-bond acceptors (Lipinski definition) is 5. The first kappa shape index (κ1) is 22.8. The van der Waals surface area contributed by atoms with Crippen LogP contribution in [0.3, 0.4) is 0 Å². The number of aliphatic hydroxyl groups excluding tert-OH is 1. The fourth-order valence-electron chi connectivity index (χ4n) is 4.28. The molecule has 0 aromatic heterocycles. The van der Waals surface area contributed by atoms with Gasteiger partial charge >= 0.3 is 12.1 Å². The largest absolute Gasteiger partial charge is 0.479 e. The quantitative estimate of drug-likeness (QED) is 0.439. The predicted octanol–water partition coefficient (Wildman–Crippen LogP) is 2.65. The number of rotatable bonds is 10. The number of nitrogens with one attached hydrogen (secondary N) is 2. The summed E-state index contributed by atoms with van der Waals surface area (Å²) >= 11 is 0. The van der Waals surface area contributed by atoms with E-state index >= 15 is 0 Å². The maximum atomic E-state index is 12.6. The van der Waals surface area contributed by atoms with Gasteiger partial charge in [0.05, 0.1) is 0 Å². The molecule has 1 saturated carbocycles. The van der Waals surface area contributed by atoms with Crippen LogP contribution in [0.2, 0.25) is 0 Å². The van der Waals surface area contributed by atoms with E-state index in [0.717, 1.165) is 35.1 Å². The van der Waals surface area contributed by atoms with Crippen LogP contribution >= 0.6 is 0 Å². The number of hydrogen-bond donors (Lipinski definition) is 4. The van der Waals surface area contributed by atoms with Crippen molar-refractivity contribution in [2.45, 2.75) is 43.7 Å². The van der Waals surface area contributed by atoms with E-state index in [2.05, 4.69) is 22.8 Å². The second kappa shape index (κ2) is 10.0. The van der Waals surface area contributed by atoms with Crippen LogP contribution < -0.4 is 10.6 Å². The van der Waals surface area contributed by atoms with Crippen LogP contribution in [0.4, 0.5) is 4.79 Å². The number of aliphatic hydroxyl groups is 1. The zero-order valence-corrected chi connectivity index (χ0v) is 18.2. The number of fused-ring (bicyclic) bond motifs is 3. The highest BCUT2D eigenvalue weighted by Gasteiger charge is 2.32. The van der Waals surface area contributed by atoms with Gasteiger partial charge in [-0.2, -0.15) is 0 Å². The number of alkyl carbamates (subject to hydrolysis) is 1. The van der Waals surface area contributed by atoms with Gasteiger partial charge in [-0.05, 0) is 34.6 Å². The fourth-order valence-corrected chi connectivity index (χ4v) is 4.28. The Kier molecular flexibility index (Phi) is 6.93. The van der Waals surface area contributed by atoms with Gasteiger partial charge in [0.25, 0.3) is 0 Å². The average Bonchev–Trinajstić information content (AvgIpc) is 3.57. The van der Waals surface area contributed by atoms with Crippen molar-refractivity contribution in [1.82, 2.24) is 10.6 Å². The Morgan fingerprint density at radius 2 is 1.61 bits per heavy atom. The van der Waals surface area contributed by atoms with Gasteiger partial charge < -0.3 is 25.6 Å². The Balaban J connectivity index is 1.34. The molecular weight excluding hydrogens is 424 g/mol. The van der Waals surface area contributed by atoms with Crippen molar-refractivity contribution in [1.29, 1.82) is 0 Å². The molecule has 4 N–H and O–H groups in total. The average molecular weight is 453 g/mol. The van der Waals surface area contributed by atoms with Crippen LogP contribution in [0.15, 0.2) is 48.5 Å². The maximum Gasteiger partial charge on any atom is 0.407 e. The molecule has 2 aromatic rings. The van der Waals surface area contributed by atoms with E-state index in [9.17, 15) is 19.5 Å². The Bertz CT molecular complexity index is 990. The van der Waals surface area contributed by atoms with Crippen molar-refractivity contribution in [3.05, 3.63) is 59.7 Å². The smallest absolute Gasteiger partial charge is 0.407 e. The Hall–Kier alpha value is -3.39. The molecule has 2 aliphatic rings. The number of carboxylic acids is 1. The van der Waals surface area contributed by atoms with Crippen LogP contribution in [0.5, 0.6) is 0 Å². The monoisotopic (exact) mass is 452 g/mol. The molecule has 0 bridgehead atoms. The van der Waals surface area contributed by atoms with Gasteiger partial charge in [-0.3, -0.25) is 4.79 Å². The van der Waals surface area contributed by atoms with Crippen molar-refractivity contribution < 1.29 is 29.3 Å². The van der Waals surface area contributed by atoms with Crippen molar-refractivity contribution in [2.75, 3.05) is 13.2 Å². The summed E-state index contributed by atoms with van der Waals surface area (Å²) in [5, 5.41) is 23.4. The maximum absolute atomic E-state index is 12.6. The molecule has 8 heteroatoms. The highest BCUT2D eigenvalue weighted by Crippen LogP contribution is 2.44. The van der Waals surface area contributed by atoms with Crippen LogP contribution in [0.1, 0.15) is 42.7 Å². The molecule has 2 amide bonds. The van der Waals surface area contributed by atoms with E-state index in [0.29, 0.717) is 12.3 Å². The standard InChI is InChI=1S/C25H28N2O6/c28-22(24(30)31)11-12-26-23(29)21(13-15-9-10-15)27-25(32)33-14-20-18-7-3-1-5-16(18)17-6-2-4-8-19(17)20/h1-8,15,20-22,28H,9-14H2,(H,26,29)(H,27,32)(H,30,31)/t21-,22-/m0/s1. The molecule has 0 unspecified atom stereocenters. The summed E-state index contributed by atoms with van der Waals surface area (Å²) in [5.41, 5.74) is 4.49. The number of aliphatic carboxylic acids is 1. The fraction of sp³-hybridized carbons (Fsp3) is 0.400. The molecule has 0 spiro atoms. The number of benzene rings is 2. The molecule has 8 nitrogen and oxygen atoms in total. The molecule has 174 valence electrons. The minimum absolute atomic E-state index is 0.000162. The van der Waals surface area contributed by atoms with Crippen molar-refractivity contribution >= 4 is 18.0 Å². The molecule has 0 heterocycles. The van der Waals surface area contributed by atoms with E-state index in [1.165, 1.54) is 0 Å². The zero-order valence-electron chi connectivity index (χ0n) is 18.2. The first-order valence-corrected chi connectivity index (χ1v) is 11.2. The summed E-state index contributed by atoms with van der Waals surface area (Å²) in [6.07, 6.45) is 0.201. The van der Waals surface area contributed by atoms with Crippen LogP contribution in [0.25, 0.3) is 11.1 Å². The highest BCUT2D eigenvalue weighted by molar-refractivity contribution is 5.86. The number of carboxylic acid groups (broad SMARTS) is 1. The normalized spacial score (nSPS) is 16.3. The van der Waals surface area contributed by atoms with Gasteiger partial charge in [-0.15, -0.1) is 0 Å². The van der Waals surface area contributed by atoms with Gasteiger partial charge in [-0.1, -0.05) is 61.4 Å². The van der Waals surface area contributed by atoms with E-state index in [4.69, 9.17) is 9.84 Å². The number of amides is 2. The predicted molar refractivity (Wildman–Crippen MR) is 121 cm³/mol. The van der Waals surface area contributed by atoms with Crippen LogP contribution in [-0.2, 0) is 14.3 Å². The summed E-state index contributed by atoms with van der Waals surface area (Å²) in [4.78, 5) is 35.9. The summed E-state index contributed by atoms with van der Waals surface area (Å²) in [5.74, 6) is -1.45.